The van der Waals surface area contributed by atoms with Crippen LogP contribution in [0.3, 0.4) is 0 Å². The fourth-order valence-corrected chi connectivity index (χ4v) is 2.34. The zero-order valence-electron chi connectivity index (χ0n) is 13.3. The molecule has 0 saturated carbocycles. The van der Waals surface area contributed by atoms with Crippen molar-refractivity contribution in [2.75, 3.05) is 5.32 Å². The van der Waals surface area contributed by atoms with E-state index < -0.39 is 4.92 Å². The van der Waals surface area contributed by atoms with Crippen molar-refractivity contribution in [3.05, 3.63) is 70.8 Å². The first-order chi connectivity index (χ1) is 12.1. The number of carbonyl (C=O) groups is 1. The van der Waals surface area contributed by atoms with E-state index in [1.165, 1.54) is 10.9 Å². The number of nitrogens with one attached hydrogen (secondary N) is 1. The number of hydrogen-bond donors (Lipinski definition) is 1. The Hall–Kier alpha value is -3.49. The first-order valence-corrected chi connectivity index (χ1v) is 7.63. The number of nitrogens with zero attached hydrogens (tertiary/aromatic N) is 5. The molecule has 3 rings (SSSR count). The third kappa shape index (κ3) is 4.50. The van der Waals surface area contributed by atoms with Gasteiger partial charge in [0.15, 0.2) is 0 Å². The maximum Gasteiger partial charge on any atom is 0.306 e. The van der Waals surface area contributed by atoms with E-state index in [4.69, 9.17) is 0 Å². The predicted octanol–water partition coefficient (Wildman–Crippen LogP) is 2.06. The molecular formula is C16H16N6O3. The second-order valence-corrected chi connectivity index (χ2v) is 5.42. The lowest BCUT2D eigenvalue weighted by Crippen LogP contribution is -2.15. The summed E-state index contributed by atoms with van der Waals surface area (Å²) in [4.78, 5) is 22.1. The van der Waals surface area contributed by atoms with E-state index in [1.807, 2.05) is 36.5 Å². The van der Waals surface area contributed by atoms with Crippen molar-refractivity contribution in [2.24, 2.45) is 0 Å². The first kappa shape index (κ1) is 16.4. The van der Waals surface area contributed by atoms with Crippen molar-refractivity contribution < 1.29 is 9.72 Å². The van der Waals surface area contributed by atoms with Gasteiger partial charge in [0.25, 0.3) is 0 Å². The summed E-state index contributed by atoms with van der Waals surface area (Å²) in [6.45, 7) is 0.889. The summed E-state index contributed by atoms with van der Waals surface area (Å²) in [7, 11) is 0. The Morgan fingerprint density at radius 1 is 1.24 bits per heavy atom. The van der Waals surface area contributed by atoms with Gasteiger partial charge in [0.1, 0.15) is 12.4 Å². The molecule has 2 heterocycles. The van der Waals surface area contributed by atoms with E-state index in [2.05, 4.69) is 15.5 Å². The van der Waals surface area contributed by atoms with Crippen LogP contribution in [-0.2, 0) is 17.9 Å². The third-order valence-electron chi connectivity index (χ3n) is 3.51. The summed E-state index contributed by atoms with van der Waals surface area (Å²) < 4.78 is 3.18. The number of aromatic nitrogens is 4. The van der Waals surface area contributed by atoms with Gasteiger partial charge in [-0.05, 0) is 23.8 Å². The minimum atomic E-state index is -0.519. The number of hydrogen-bond acceptors (Lipinski definition) is 5. The molecule has 9 heteroatoms. The standard InChI is InChI=1S/C16H16N6O3/c23-16(5-8-21-12-15(10-18-21)22(24)25)19-14-4-1-3-13(9-14)11-20-7-2-6-17-20/h1-4,6-7,9-10,12H,5,8,11H2,(H,19,23). The number of benzene rings is 1. The molecule has 0 radical (unpaired) electrons. The van der Waals surface area contributed by atoms with Crippen molar-refractivity contribution in [3.8, 4) is 0 Å². The van der Waals surface area contributed by atoms with Gasteiger partial charge in [-0.1, -0.05) is 12.1 Å². The van der Waals surface area contributed by atoms with Gasteiger partial charge in [-0.25, -0.2) is 0 Å². The van der Waals surface area contributed by atoms with Crippen LogP contribution in [0.1, 0.15) is 12.0 Å². The molecule has 128 valence electrons. The number of amides is 1. The van der Waals surface area contributed by atoms with Gasteiger partial charge in [-0.3, -0.25) is 24.3 Å². The molecule has 0 unspecified atom stereocenters. The fraction of sp³-hybridized carbons (Fsp3) is 0.188. The van der Waals surface area contributed by atoms with Crippen LogP contribution in [0, 0.1) is 10.1 Å². The number of rotatable bonds is 7. The van der Waals surface area contributed by atoms with Crippen molar-refractivity contribution in [1.29, 1.82) is 0 Å². The molecule has 0 aliphatic heterocycles. The van der Waals surface area contributed by atoms with Gasteiger partial charge in [0.2, 0.25) is 5.91 Å². The molecule has 1 amide bonds. The SMILES string of the molecule is O=C(CCn1cc([N+](=O)[O-])cn1)Nc1cccc(Cn2cccn2)c1. The predicted molar refractivity (Wildman–Crippen MR) is 89.9 cm³/mol. The molecule has 0 saturated heterocycles. The first-order valence-electron chi connectivity index (χ1n) is 7.63. The minimum Gasteiger partial charge on any atom is -0.326 e. The fourth-order valence-electron chi connectivity index (χ4n) is 2.34. The highest BCUT2D eigenvalue weighted by Crippen LogP contribution is 2.13. The zero-order valence-corrected chi connectivity index (χ0v) is 13.3. The topological polar surface area (TPSA) is 108 Å². The van der Waals surface area contributed by atoms with Gasteiger partial charge in [-0.2, -0.15) is 10.2 Å². The monoisotopic (exact) mass is 340 g/mol. The Balaban J connectivity index is 1.54. The third-order valence-corrected chi connectivity index (χ3v) is 3.51. The van der Waals surface area contributed by atoms with Crippen molar-refractivity contribution >= 4 is 17.3 Å². The second-order valence-electron chi connectivity index (χ2n) is 5.42. The van der Waals surface area contributed by atoms with Crippen LogP contribution in [0.15, 0.2) is 55.1 Å². The molecule has 0 fully saturated rings. The number of anilines is 1. The Bertz CT molecular complexity index is 872. The van der Waals surface area contributed by atoms with Crippen LogP contribution in [0.2, 0.25) is 0 Å². The van der Waals surface area contributed by atoms with E-state index in [0.29, 0.717) is 12.2 Å². The summed E-state index contributed by atoms with van der Waals surface area (Å²) in [5.41, 5.74) is 1.62. The minimum absolute atomic E-state index is 0.0910. The molecule has 0 bridgehead atoms. The normalized spacial score (nSPS) is 10.6. The molecule has 1 N–H and O–H groups in total. The van der Waals surface area contributed by atoms with Gasteiger partial charge in [0, 0.05) is 31.0 Å². The molecule has 0 aliphatic rings. The summed E-state index contributed by atoms with van der Waals surface area (Å²) in [5.74, 6) is -0.186. The Labute approximate surface area is 143 Å². The van der Waals surface area contributed by atoms with Gasteiger partial charge < -0.3 is 5.32 Å². The van der Waals surface area contributed by atoms with E-state index >= 15 is 0 Å². The van der Waals surface area contributed by atoms with Crippen molar-refractivity contribution in [1.82, 2.24) is 19.6 Å². The largest absolute Gasteiger partial charge is 0.326 e. The number of aryl methyl sites for hydroxylation is 1. The van der Waals surface area contributed by atoms with E-state index in [0.717, 1.165) is 11.8 Å². The average Bonchev–Trinajstić information content (AvgIpc) is 3.25. The maximum atomic E-state index is 12.1. The van der Waals surface area contributed by atoms with Crippen LogP contribution in [0.5, 0.6) is 0 Å². The summed E-state index contributed by atoms with van der Waals surface area (Å²) in [6, 6.07) is 9.37. The molecule has 2 aromatic heterocycles. The Morgan fingerprint density at radius 3 is 2.84 bits per heavy atom. The Kier molecular flexibility index (Phi) is 4.84. The van der Waals surface area contributed by atoms with E-state index in [1.54, 1.807) is 10.9 Å². The van der Waals surface area contributed by atoms with Crippen molar-refractivity contribution in [3.63, 3.8) is 0 Å². The molecule has 0 atom stereocenters. The zero-order chi connectivity index (χ0) is 17.6. The molecule has 0 aliphatic carbocycles. The van der Waals surface area contributed by atoms with Crippen LogP contribution in [0.25, 0.3) is 0 Å². The average molecular weight is 340 g/mol. The van der Waals surface area contributed by atoms with Gasteiger partial charge in [0.05, 0.1) is 11.5 Å². The molecule has 25 heavy (non-hydrogen) atoms. The van der Waals surface area contributed by atoms with E-state index in [9.17, 15) is 14.9 Å². The van der Waals surface area contributed by atoms with E-state index in [-0.39, 0.29) is 24.6 Å². The highest BCUT2D eigenvalue weighted by Gasteiger charge is 2.10. The molecule has 1 aromatic carbocycles. The number of carbonyl (C=O) groups excluding carboxylic acids is 1. The number of nitro groups is 1. The van der Waals surface area contributed by atoms with Gasteiger partial charge >= 0.3 is 5.69 Å². The van der Waals surface area contributed by atoms with Crippen LogP contribution < -0.4 is 5.32 Å². The smallest absolute Gasteiger partial charge is 0.306 e. The maximum absolute atomic E-state index is 12.1. The molecular weight excluding hydrogens is 324 g/mol. The lowest BCUT2D eigenvalue weighted by atomic mass is 10.2. The molecule has 0 spiro atoms. The summed E-state index contributed by atoms with van der Waals surface area (Å²) in [6.07, 6.45) is 6.22. The molecule has 9 nitrogen and oxygen atoms in total. The van der Waals surface area contributed by atoms with Crippen LogP contribution in [0.4, 0.5) is 11.4 Å². The van der Waals surface area contributed by atoms with Crippen LogP contribution in [-0.4, -0.2) is 30.4 Å². The van der Waals surface area contributed by atoms with Crippen molar-refractivity contribution in [2.45, 2.75) is 19.5 Å². The second kappa shape index (κ2) is 7.39. The summed E-state index contributed by atoms with van der Waals surface area (Å²) in [5, 5.41) is 21.4. The lowest BCUT2D eigenvalue weighted by molar-refractivity contribution is -0.385. The lowest BCUT2D eigenvalue weighted by Gasteiger charge is -2.08. The highest BCUT2D eigenvalue weighted by atomic mass is 16.6. The van der Waals surface area contributed by atoms with Crippen LogP contribution >= 0.6 is 0 Å². The summed E-state index contributed by atoms with van der Waals surface area (Å²) >= 11 is 0. The van der Waals surface area contributed by atoms with Gasteiger partial charge in [-0.15, -0.1) is 0 Å². The quantitative estimate of drug-likeness (QED) is 0.523. The highest BCUT2D eigenvalue weighted by molar-refractivity contribution is 5.90. The Morgan fingerprint density at radius 2 is 2.12 bits per heavy atom. The molecule has 3 aromatic rings.